The van der Waals surface area contributed by atoms with Crippen molar-refractivity contribution in [3.05, 3.63) is 74.4 Å². The lowest BCUT2D eigenvalue weighted by Gasteiger charge is -2.14. The second-order valence-corrected chi connectivity index (χ2v) is 9.76. The van der Waals surface area contributed by atoms with Gasteiger partial charge in [0.1, 0.15) is 6.54 Å². The molecule has 0 aliphatic carbocycles. The van der Waals surface area contributed by atoms with Gasteiger partial charge in [0.2, 0.25) is 11.7 Å². The molecule has 10 nitrogen and oxygen atoms in total. The van der Waals surface area contributed by atoms with Crippen molar-refractivity contribution >= 4 is 34.2 Å². The minimum absolute atomic E-state index is 0.0282. The van der Waals surface area contributed by atoms with Crippen molar-refractivity contribution in [3.8, 4) is 0 Å². The summed E-state index contributed by atoms with van der Waals surface area (Å²) in [6.07, 6.45) is 0.764. The van der Waals surface area contributed by atoms with Gasteiger partial charge in [-0.3, -0.25) is 19.0 Å². The first-order valence-electron chi connectivity index (χ1n) is 12.4. The smallest absolute Gasteiger partial charge is 0.350 e. The fourth-order valence-electron chi connectivity index (χ4n) is 4.14. The molecular formula is C27H32N6O4. The molecule has 2 N–H and O–H groups in total. The van der Waals surface area contributed by atoms with Gasteiger partial charge in [-0.05, 0) is 56.0 Å². The molecule has 0 bridgehead atoms. The van der Waals surface area contributed by atoms with Gasteiger partial charge in [0.15, 0.2) is 0 Å². The van der Waals surface area contributed by atoms with Crippen molar-refractivity contribution in [1.82, 2.24) is 24.1 Å². The van der Waals surface area contributed by atoms with Gasteiger partial charge in [0, 0.05) is 23.8 Å². The minimum atomic E-state index is -0.572. The summed E-state index contributed by atoms with van der Waals surface area (Å²) in [7, 11) is 0. The summed E-state index contributed by atoms with van der Waals surface area (Å²) in [5.41, 5.74) is 1.24. The van der Waals surface area contributed by atoms with Crippen LogP contribution in [0.3, 0.4) is 0 Å². The van der Waals surface area contributed by atoms with E-state index in [-0.39, 0.29) is 41.3 Å². The summed E-state index contributed by atoms with van der Waals surface area (Å²) in [6, 6.07) is 12.0. The van der Waals surface area contributed by atoms with E-state index in [0.717, 1.165) is 16.7 Å². The Morgan fingerprint density at radius 1 is 1.05 bits per heavy atom. The number of carbonyl (C=O) groups excluding carboxylic acids is 2. The van der Waals surface area contributed by atoms with Crippen molar-refractivity contribution in [2.75, 3.05) is 5.32 Å². The number of fused-ring (bicyclic) bond motifs is 3. The molecule has 0 aliphatic heterocycles. The molecule has 2 aromatic heterocycles. The molecule has 4 aromatic rings. The topological polar surface area (TPSA) is 120 Å². The van der Waals surface area contributed by atoms with Gasteiger partial charge in [0.05, 0.1) is 10.9 Å². The van der Waals surface area contributed by atoms with Crippen LogP contribution in [0.2, 0.25) is 0 Å². The van der Waals surface area contributed by atoms with E-state index < -0.39 is 11.6 Å². The summed E-state index contributed by atoms with van der Waals surface area (Å²) < 4.78 is 3.80. The van der Waals surface area contributed by atoms with Crippen LogP contribution in [0.4, 0.5) is 5.69 Å². The maximum absolute atomic E-state index is 13.5. The molecule has 2 heterocycles. The first kappa shape index (κ1) is 25.9. The Morgan fingerprint density at radius 3 is 2.46 bits per heavy atom. The van der Waals surface area contributed by atoms with Crippen molar-refractivity contribution in [2.24, 2.45) is 5.92 Å². The Hall–Kier alpha value is -4.21. The average Bonchev–Trinajstić information content (AvgIpc) is 3.18. The number of nitrogens with zero attached hydrogens (tertiary/aromatic N) is 4. The van der Waals surface area contributed by atoms with Gasteiger partial charge < -0.3 is 10.6 Å². The predicted molar refractivity (Wildman–Crippen MR) is 143 cm³/mol. The molecule has 0 fully saturated rings. The highest BCUT2D eigenvalue weighted by Crippen LogP contribution is 2.16. The van der Waals surface area contributed by atoms with E-state index in [1.54, 1.807) is 18.2 Å². The maximum atomic E-state index is 13.5. The molecule has 0 spiro atoms. The standard InChI is InChI=1S/C27H32N6O4/c1-6-18(5)28-24(35)19-11-12-20-22(13-19)33-26(31(25(20)36)14-16(2)3)30-32(27(33)37)15-23(34)29-21-10-8-7-9-17(21)4/h7-13,16,18H,6,14-15H2,1-5H3,(H,28,35)(H,29,34). The molecular weight excluding hydrogens is 472 g/mol. The second kappa shape index (κ2) is 10.4. The van der Waals surface area contributed by atoms with Crippen LogP contribution in [0.5, 0.6) is 0 Å². The Balaban J connectivity index is 1.85. The zero-order valence-electron chi connectivity index (χ0n) is 21.7. The molecule has 2 amide bonds. The van der Waals surface area contributed by atoms with Gasteiger partial charge in [0.25, 0.3) is 11.5 Å². The highest BCUT2D eigenvalue weighted by Gasteiger charge is 2.21. The van der Waals surface area contributed by atoms with Gasteiger partial charge >= 0.3 is 5.69 Å². The number of nitrogens with one attached hydrogen (secondary N) is 2. The van der Waals surface area contributed by atoms with Gasteiger partial charge in [-0.15, -0.1) is 5.10 Å². The maximum Gasteiger partial charge on any atom is 0.352 e. The first-order valence-corrected chi connectivity index (χ1v) is 12.4. The third kappa shape index (κ3) is 5.18. The van der Waals surface area contributed by atoms with E-state index in [9.17, 15) is 19.2 Å². The largest absolute Gasteiger partial charge is 0.352 e. The lowest BCUT2D eigenvalue weighted by Crippen LogP contribution is -2.32. The van der Waals surface area contributed by atoms with Gasteiger partial charge in [-0.2, -0.15) is 0 Å². The molecule has 1 unspecified atom stereocenters. The molecule has 0 radical (unpaired) electrons. The Bertz CT molecular complexity index is 1610. The van der Waals surface area contributed by atoms with Crippen LogP contribution in [0, 0.1) is 12.8 Å². The van der Waals surface area contributed by atoms with Crippen LogP contribution in [0.25, 0.3) is 16.7 Å². The van der Waals surface area contributed by atoms with E-state index in [2.05, 4.69) is 15.7 Å². The number of para-hydroxylation sites is 1. The molecule has 0 saturated heterocycles. The SMILES string of the molecule is CCC(C)NC(=O)c1ccc2c(=O)n(CC(C)C)c3nn(CC(=O)Nc4ccccc4C)c(=O)n3c2c1. The van der Waals surface area contributed by atoms with Crippen molar-refractivity contribution in [1.29, 1.82) is 0 Å². The second-order valence-electron chi connectivity index (χ2n) is 9.76. The van der Waals surface area contributed by atoms with Gasteiger partial charge in [-0.25, -0.2) is 13.9 Å². The molecule has 10 heteroatoms. The lowest BCUT2D eigenvalue weighted by molar-refractivity contribution is -0.117. The van der Waals surface area contributed by atoms with Crippen molar-refractivity contribution < 1.29 is 9.59 Å². The third-order valence-electron chi connectivity index (χ3n) is 6.29. The number of hydrogen-bond donors (Lipinski definition) is 2. The summed E-state index contributed by atoms with van der Waals surface area (Å²) in [6.45, 7) is 9.66. The Kier molecular flexibility index (Phi) is 7.28. The normalized spacial score (nSPS) is 12.3. The number of anilines is 1. The average molecular weight is 505 g/mol. The Labute approximate surface area is 213 Å². The predicted octanol–water partition coefficient (Wildman–Crippen LogP) is 2.94. The van der Waals surface area contributed by atoms with Crippen molar-refractivity contribution in [3.63, 3.8) is 0 Å². The number of benzene rings is 2. The van der Waals surface area contributed by atoms with E-state index in [1.165, 1.54) is 15.0 Å². The quantitative estimate of drug-likeness (QED) is 0.382. The molecule has 0 aliphatic rings. The van der Waals surface area contributed by atoms with Gasteiger partial charge in [-0.1, -0.05) is 39.0 Å². The summed E-state index contributed by atoms with van der Waals surface area (Å²) >= 11 is 0. The third-order valence-corrected chi connectivity index (χ3v) is 6.29. The highest BCUT2D eigenvalue weighted by atomic mass is 16.2. The van der Waals surface area contributed by atoms with E-state index >= 15 is 0 Å². The number of aryl methyl sites for hydroxylation is 1. The van der Waals surface area contributed by atoms with E-state index in [1.807, 2.05) is 52.8 Å². The molecule has 0 saturated carbocycles. The number of rotatable bonds is 8. The van der Waals surface area contributed by atoms with Crippen LogP contribution in [0.15, 0.2) is 52.1 Å². The van der Waals surface area contributed by atoms with Crippen LogP contribution >= 0.6 is 0 Å². The van der Waals surface area contributed by atoms with Crippen LogP contribution in [-0.4, -0.2) is 36.6 Å². The lowest BCUT2D eigenvalue weighted by atomic mass is 10.1. The zero-order valence-corrected chi connectivity index (χ0v) is 21.7. The fraction of sp³-hybridized carbons (Fsp3) is 0.370. The number of hydrogen-bond acceptors (Lipinski definition) is 5. The number of carbonyl (C=O) groups is 2. The first-order chi connectivity index (χ1) is 17.6. The molecule has 4 rings (SSSR count). The monoisotopic (exact) mass is 504 g/mol. The zero-order chi connectivity index (χ0) is 26.9. The fourth-order valence-corrected chi connectivity index (χ4v) is 4.14. The number of amides is 2. The highest BCUT2D eigenvalue weighted by molar-refractivity contribution is 5.98. The summed E-state index contributed by atoms with van der Waals surface area (Å²) in [4.78, 5) is 52.5. The number of aromatic nitrogens is 4. The molecule has 1 atom stereocenters. The van der Waals surface area contributed by atoms with E-state index in [4.69, 9.17) is 0 Å². The van der Waals surface area contributed by atoms with Crippen LogP contribution in [0.1, 0.15) is 50.0 Å². The molecule has 37 heavy (non-hydrogen) atoms. The van der Waals surface area contributed by atoms with Crippen LogP contribution in [-0.2, 0) is 17.9 Å². The summed E-state index contributed by atoms with van der Waals surface area (Å²) in [5, 5.41) is 10.4. The Morgan fingerprint density at radius 2 is 1.78 bits per heavy atom. The van der Waals surface area contributed by atoms with Crippen molar-refractivity contribution in [2.45, 2.75) is 60.2 Å². The minimum Gasteiger partial charge on any atom is -0.350 e. The van der Waals surface area contributed by atoms with E-state index in [0.29, 0.717) is 23.2 Å². The molecule has 2 aromatic carbocycles. The van der Waals surface area contributed by atoms with Crippen LogP contribution < -0.4 is 21.9 Å². The summed E-state index contributed by atoms with van der Waals surface area (Å²) in [5.74, 6) is -0.493. The molecule has 194 valence electrons.